The topological polar surface area (TPSA) is 70.7 Å². The highest BCUT2D eigenvalue weighted by Crippen LogP contribution is 2.07. The van der Waals surface area contributed by atoms with Gasteiger partial charge in [0.25, 0.3) is 0 Å². The van der Waals surface area contributed by atoms with E-state index in [-0.39, 0.29) is 12.5 Å². The second-order valence-corrected chi connectivity index (χ2v) is 4.45. The van der Waals surface area contributed by atoms with Crippen molar-refractivity contribution in [2.24, 2.45) is 0 Å². The number of carbonyl (C=O) groups is 2. The Hall–Kier alpha value is -2.34. The highest BCUT2D eigenvalue weighted by Gasteiger charge is 2.09. The fraction of sp³-hybridized carbons (Fsp3) is 0.333. The van der Waals surface area contributed by atoms with Gasteiger partial charge in [0.15, 0.2) is 0 Å². The molecule has 1 aromatic carbocycles. The predicted molar refractivity (Wildman–Crippen MR) is 81.2 cm³/mol. The summed E-state index contributed by atoms with van der Waals surface area (Å²) in [6, 6.07) is 8.94. The molecule has 0 aliphatic heterocycles. The minimum Gasteiger partial charge on any atom is -0.492 e. The van der Waals surface area contributed by atoms with Gasteiger partial charge >= 0.3 is 6.03 Å². The van der Waals surface area contributed by atoms with Gasteiger partial charge in [0.05, 0.1) is 6.54 Å². The summed E-state index contributed by atoms with van der Waals surface area (Å²) in [5, 5.41) is 4.70. The maximum Gasteiger partial charge on any atom is 0.321 e. The highest BCUT2D eigenvalue weighted by atomic mass is 16.5. The van der Waals surface area contributed by atoms with Crippen LogP contribution in [-0.2, 0) is 4.79 Å². The number of urea groups is 1. The predicted octanol–water partition coefficient (Wildman–Crippen LogP) is 1.01. The number of imide groups is 1. The van der Waals surface area contributed by atoms with E-state index in [4.69, 9.17) is 4.74 Å². The van der Waals surface area contributed by atoms with Crippen molar-refractivity contribution in [1.82, 2.24) is 15.5 Å². The minimum absolute atomic E-state index is 0.125. The van der Waals surface area contributed by atoms with Crippen LogP contribution in [0.5, 0.6) is 5.75 Å². The fourth-order valence-corrected chi connectivity index (χ4v) is 1.54. The van der Waals surface area contributed by atoms with Gasteiger partial charge in [-0.05, 0) is 19.2 Å². The molecule has 0 unspecified atom stereocenters. The van der Waals surface area contributed by atoms with Gasteiger partial charge in [0, 0.05) is 13.1 Å². The van der Waals surface area contributed by atoms with E-state index in [1.54, 1.807) is 11.9 Å². The molecule has 0 aliphatic rings. The Balaban J connectivity index is 2.17. The van der Waals surface area contributed by atoms with Gasteiger partial charge < -0.3 is 10.1 Å². The zero-order valence-corrected chi connectivity index (χ0v) is 12.2. The van der Waals surface area contributed by atoms with Crippen molar-refractivity contribution in [2.45, 2.75) is 0 Å². The largest absolute Gasteiger partial charge is 0.492 e. The van der Waals surface area contributed by atoms with Crippen molar-refractivity contribution in [1.29, 1.82) is 0 Å². The van der Waals surface area contributed by atoms with E-state index >= 15 is 0 Å². The van der Waals surface area contributed by atoms with Gasteiger partial charge in [0.2, 0.25) is 5.91 Å². The summed E-state index contributed by atoms with van der Waals surface area (Å²) in [5.74, 6) is 0.429. The number of hydrogen-bond acceptors (Lipinski definition) is 4. The molecule has 0 saturated heterocycles. The van der Waals surface area contributed by atoms with Crippen LogP contribution < -0.4 is 15.4 Å². The van der Waals surface area contributed by atoms with Crippen molar-refractivity contribution in [2.75, 3.05) is 33.3 Å². The molecule has 114 valence electrons. The molecule has 0 fully saturated rings. The van der Waals surface area contributed by atoms with Gasteiger partial charge in [-0.3, -0.25) is 15.0 Å². The van der Waals surface area contributed by atoms with Crippen molar-refractivity contribution >= 4 is 11.9 Å². The van der Waals surface area contributed by atoms with Crippen LogP contribution in [0.2, 0.25) is 0 Å². The maximum absolute atomic E-state index is 11.6. The summed E-state index contributed by atoms with van der Waals surface area (Å²) < 4.78 is 5.53. The number of nitrogens with zero attached hydrogens (tertiary/aromatic N) is 1. The number of hydrogen-bond donors (Lipinski definition) is 2. The molecule has 0 bridgehead atoms. The Morgan fingerprint density at radius 2 is 2.05 bits per heavy atom. The van der Waals surface area contributed by atoms with Crippen LogP contribution in [0.15, 0.2) is 43.0 Å². The molecule has 6 heteroatoms. The zero-order valence-electron chi connectivity index (χ0n) is 12.2. The molecule has 21 heavy (non-hydrogen) atoms. The monoisotopic (exact) mass is 291 g/mol. The van der Waals surface area contributed by atoms with Crippen molar-refractivity contribution in [3.63, 3.8) is 0 Å². The average molecular weight is 291 g/mol. The average Bonchev–Trinajstić information content (AvgIpc) is 2.46. The standard InChI is InChI=1S/C15H21N3O3/c1-3-9-16-15(20)17-14(19)12-18(2)10-11-21-13-7-5-4-6-8-13/h3-8H,1,9-12H2,2H3,(H2,16,17,19,20). The number of rotatable bonds is 8. The lowest BCUT2D eigenvalue weighted by Gasteiger charge is -2.16. The van der Waals surface area contributed by atoms with E-state index in [0.717, 1.165) is 5.75 Å². The SMILES string of the molecule is C=CCNC(=O)NC(=O)CN(C)CCOc1ccccc1. The van der Waals surface area contributed by atoms with Crippen molar-refractivity contribution in [3.05, 3.63) is 43.0 Å². The van der Waals surface area contributed by atoms with E-state index in [2.05, 4.69) is 17.2 Å². The van der Waals surface area contributed by atoms with Crippen LogP contribution in [0.25, 0.3) is 0 Å². The number of benzene rings is 1. The van der Waals surface area contributed by atoms with Crippen molar-refractivity contribution < 1.29 is 14.3 Å². The summed E-state index contributed by atoms with van der Waals surface area (Å²) in [7, 11) is 1.79. The summed E-state index contributed by atoms with van der Waals surface area (Å²) in [4.78, 5) is 24.6. The summed E-state index contributed by atoms with van der Waals surface area (Å²) in [6.45, 7) is 4.96. The lowest BCUT2D eigenvalue weighted by Crippen LogP contribution is -2.44. The second-order valence-electron chi connectivity index (χ2n) is 4.45. The Morgan fingerprint density at radius 1 is 1.33 bits per heavy atom. The van der Waals surface area contributed by atoms with Crippen LogP contribution in [0.4, 0.5) is 4.79 Å². The molecule has 0 aromatic heterocycles. The van der Waals surface area contributed by atoms with Gasteiger partial charge in [-0.1, -0.05) is 24.3 Å². The van der Waals surface area contributed by atoms with Crippen LogP contribution in [-0.4, -0.2) is 50.1 Å². The number of ether oxygens (including phenoxy) is 1. The lowest BCUT2D eigenvalue weighted by atomic mass is 10.3. The van der Waals surface area contributed by atoms with Gasteiger partial charge in [-0.25, -0.2) is 4.79 Å². The molecular formula is C15H21N3O3. The Labute approximate surface area is 124 Å². The van der Waals surface area contributed by atoms with Crippen LogP contribution in [0.1, 0.15) is 0 Å². The Morgan fingerprint density at radius 3 is 2.71 bits per heavy atom. The van der Waals surface area contributed by atoms with E-state index in [0.29, 0.717) is 19.7 Å². The van der Waals surface area contributed by atoms with Gasteiger partial charge in [0.1, 0.15) is 12.4 Å². The Kier molecular flexibility index (Phi) is 7.60. The van der Waals surface area contributed by atoms with Gasteiger partial charge in [-0.2, -0.15) is 0 Å². The molecule has 1 aromatic rings. The van der Waals surface area contributed by atoms with Crippen LogP contribution in [0.3, 0.4) is 0 Å². The molecule has 0 heterocycles. The van der Waals surface area contributed by atoms with E-state index in [9.17, 15) is 9.59 Å². The third-order valence-corrected chi connectivity index (χ3v) is 2.56. The molecule has 0 aliphatic carbocycles. The molecule has 0 saturated carbocycles. The third-order valence-electron chi connectivity index (χ3n) is 2.56. The molecule has 1 rings (SSSR count). The maximum atomic E-state index is 11.6. The molecule has 0 atom stereocenters. The first-order valence-corrected chi connectivity index (χ1v) is 6.67. The van der Waals surface area contributed by atoms with Crippen LogP contribution in [0, 0.1) is 0 Å². The van der Waals surface area contributed by atoms with E-state index < -0.39 is 6.03 Å². The number of carbonyl (C=O) groups excluding carboxylic acids is 2. The number of nitrogens with one attached hydrogen (secondary N) is 2. The first-order chi connectivity index (χ1) is 10.1. The first-order valence-electron chi connectivity index (χ1n) is 6.67. The van der Waals surface area contributed by atoms with E-state index in [1.807, 2.05) is 30.3 Å². The van der Waals surface area contributed by atoms with Crippen LogP contribution >= 0.6 is 0 Å². The molecule has 3 amide bonds. The molecular weight excluding hydrogens is 270 g/mol. The number of para-hydroxylation sites is 1. The normalized spacial score (nSPS) is 10.0. The number of amides is 3. The van der Waals surface area contributed by atoms with E-state index in [1.165, 1.54) is 6.08 Å². The lowest BCUT2D eigenvalue weighted by molar-refractivity contribution is -0.120. The van der Waals surface area contributed by atoms with Gasteiger partial charge in [-0.15, -0.1) is 6.58 Å². The summed E-state index contributed by atoms with van der Waals surface area (Å²) in [5.41, 5.74) is 0. The summed E-state index contributed by atoms with van der Waals surface area (Å²) in [6.07, 6.45) is 1.54. The molecule has 6 nitrogen and oxygen atoms in total. The smallest absolute Gasteiger partial charge is 0.321 e. The van der Waals surface area contributed by atoms with Crippen molar-refractivity contribution in [3.8, 4) is 5.75 Å². The Bertz CT molecular complexity index is 462. The summed E-state index contributed by atoms with van der Waals surface area (Å²) >= 11 is 0. The minimum atomic E-state index is -0.520. The first kappa shape index (κ1) is 16.7. The fourth-order valence-electron chi connectivity index (χ4n) is 1.54. The molecule has 2 N–H and O–H groups in total. The molecule has 0 radical (unpaired) electrons. The second kappa shape index (κ2) is 9.55. The third kappa shape index (κ3) is 7.74. The zero-order chi connectivity index (χ0) is 15.5. The quantitative estimate of drug-likeness (QED) is 0.701. The molecule has 0 spiro atoms. The number of likely N-dealkylation sites (N-methyl/N-ethyl adjacent to an activating group) is 1. The highest BCUT2D eigenvalue weighted by molar-refractivity contribution is 5.95.